The van der Waals surface area contributed by atoms with E-state index in [9.17, 15) is 28.1 Å². The fourth-order valence-corrected chi connectivity index (χ4v) is 6.49. The minimum absolute atomic E-state index is 0.0310. The Bertz CT molecular complexity index is 1780. The predicted octanol–water partition coefficient (Wildman–Crippen LogP) is 5.27. The van der Waals surface area contributed by atoms with E-state index in [0.29, 0.717) is 18.7 Å². The van der Waals surface area contributed by atoms with E-state index in [1.165, 1.54) is 43.2 Å². The van der Waals surface area contributed by atoms with Crippen LogP contribution in [0, 0.1) is 17.0 Å². The zero-order valence-electron chi connectivity index (χ0n) is 26.5. The van der Waals surface area contributed by atoms with Gasteiger partial charge in [0.05, 0.1) is 22.6 Å². The van der Waals surface area contributed by atoms with Gasteiger partial charge in [0, 0.05) is 31.1 Å². The molecular weight excluding hydrogens is 620 g/mol. The molecular formula is C35H38N4O7S. The Kier molecular flexibility index (Phi) is 11.7. The molecule has 1 N–H and O–H groups in total. The van der Waals surface area contributed by atoms with E-state index in [2.05, 4.69) is 5.32 Å². The lowest BCUT2D eigenvalue weighted by Crippen LogP contribution is -2.53. The number of nitro groups is 1. The molecule has 4 rings (SSSR count). The van der Waals surface area contributed by atoms with Gasteiger partial charge in [-0.2, -0.15) is 0 Å². The molecule has 4 aromatic rings. The Balaban J connectivity index is 1.82. The number of aryl methyl sites for hydroxylation is 1. The van der Waals surface area contributed by atoms with Gasteiger partial charge in [0.2, 0.25) is 11.8 Å². The van der Waals surface area contributed by atoms with Gasteiger partial charge < -0.3 is 15.0 Å². The lowest BCUT2D eigenvalue weighted by atomic mass is 10.0. The molecule has 0 aliphatic heterocycles. The van der Waals surface area contributed by atoms with Gasteiger partial charge in [0.15, 0.2) is 0 Å². The van der Waals surface area contributed by atoms with E-state index in [0.717, 1.165) is 21.5 Å². The fourth-order valence-electron chi connectivity index (χ4n) is 5.05. The molecule has 11 nitrogen and oxygen atoms in total. The minimum Gasteiger partial charge on any atom is -0.497 e. The zero-order valence-corrected chi connectivity index (χ0v) is 27.4. The van der Waals surface area contributed by atoms with E-state index < -0.39 is 33.4 Å². The first kappa shape index (κ1) is 34.6. The van der Waals surface area contributed by atoms with Crippen molar-refractivity contribution in [2.24, 2.45) is 0 Å². The normalized spacial score (nSPS) is 11.7. The summed E-state index contributed by atoms with van der Waals surface area (Å²) in [6.45, 7) is 3.18. The number of hydrogen-bond acceptors (Lipinski definition) is 7. The molecule has 1 unspecified atom stereocenters. The monoisotopic (exact) mass is 658 g/mol. The maximum absolute atomic E-state index is 14.5. The largest absolute Gasteiger partial charge is 0.497 e. The van der Waals surface area contributed by atoms with Gasteiger partial charge >= 0.3 is 0 Å². The zero-order chi connectivity index (χ0) is 34.0. The number of hydrogen-bond donors (Lipinski definition) is 1. The lowest BCUT2D eigenvalue weighted by molar-refractivity contribution is -0.385. The van der Waals surface area contributed by atoms with Crippen molar-refractivity contribution in [2.75, 3.05) is 24.5 Å². The summed E-state index contributed by atoms with van der Waals surface area (Å²) in [6.07, 6.45) is 0.872. The van der Waals surface area contributed by atoms with Crippen molar-refractivity contribution in [2.45, 2.75) is 44.2 Å². The summed E-state index contributed by atoms with van der Waals surface area (Å²) in [6, 6.07) is 27.1. The highest BCUT2D eigenvalue weighted by Gasteiger charge is 2.35. The van der Waals surface area contributed by atoms with Crippen LogP contribution in [-0.2, 0) is 32.6 Å². The highest BCUT2D eigenvalue weighted by molar-refractivity contribution is 7.92. The Hall–Kier alpha value is -5.23. The number of carbonyl (C=O) groups is 2. The molecule has 4 aromatic carbocycles. The van der Waals surface area contributed by atoms with Gasteiger partial charge in [-0.1, -0.05) is 73.7 Å². The Labute approximate surface area is 275 Å². The molecule has 12 heteroatoms. The van der Waals surface area contributed by atoms with Gasteiger partial charge in [0.1, 0.15) is 18.3 Å². The van der Waals surface area contributed by atoms with Crippen molar-refractivity contribution in [3.8, 4) is 5.75 Å². The van der Waals surface area contributed by atoms with Crippen LogP contribution in [0.4, 0.5) is 11.4 Å². The molecule has 0 aliphatic carbocycles. The van der Waals surface area contributed by atoms with Crippen molar-refractivity contribution < 1.29 is 27.7 Å². The van der Waals surface area contributed by atoms with Crippen LogP contribution in [0.3, 0.4) is 0 Å². The summed E-state index contributed by atoms with van der Waals surface area (Å²) >= 11 is 0. The Morgan fingerprint density at radius 2 is 1.53 bits per heavy atom. The SMILES string of the molecule is CCCNC(=O)C(Cc1ccccc1)N(Cc1ccccc1)C(=O)CN(c1ccc(OC)cc1)S(=O)(=O)c1ccc(C)c([N+](=O)[O-])c1. The number of ether oxygens (including phenoxy) is 1. The van der Waals surface area contributed by atoms with Crippen molar-refractivity contribution in [3.63, 3.8) is 0 Å². The van der Waals surface area contributed by atoms with Crippen LogP contribution in [-0.4, -0.2) is 56.3 Å². The number of carbonyl (C=O) groups excluding carboxylic acids is 2. The molecule has 0 saturated carbocycles. The van der Waals surface area contributed by atoms with E-state index in [-0.39, 0.29) is 40.7 Å². The fraction of sp³-hybridized carbons (Fsp3) is 0.257. The van der Waals surface area contributed by atoms with Crippen LogP contribution in [0.15, 0.2) is 108 Å². The highest BCUT2D eigenvalue weighted by Crippen LogP contribution is 2.29. The number of nitro benzene ring substituents is 1. The molecule has 0 saturated heterocycles. The van der Waals surface area contributed by atoms with Gasteiger partial charge in [-0.15, -0.1) is 0 Å². The first-order chi connectivity index (χ1) is 22.5. The van der Waals surface area contributed by atoms with Crippen LogP contribution in [0.25, 0.3) is 0 Å². The van der Waals surface area contributed by atoms with E-state index in [4.69, 9.17) is 4.74 Å². The smallest absolute Gasteiger partial charge is 0.273 e. The summed E-state index contributed by atoms with van der Waals surface area (Å²) in [7, 11) is -3.06. The van der Waals surface area contributed by atoms with Gasteiger partial charge in [-0.25, -0.2) is 8.42 Å². The number of benzene rings is 4. The van der Waals surface area contributed by atoms with Crippen LogP contribution < -0.4 is 14.4 Å². The standard InChI is InChI=1S/C35H38N4O7S/c1-4-21-36-35(41)33(22-27-11-7-5-8-12-27)37(24-28-13-9-6-10-14-28)34(40)25-38(29-16-18-30(46-3)19-17-29)47(44,45)31-20-15-26(2)32(23-31)39(42)43/h5-20,23,33H,4,21-22,24-25H2,1-3H3,(H,36,41). The molecule has 0 spiro atoms. The van der Waals surface area contributed by atoms with Crippen molar-refractivity contribution >= 4 is 33.2 Å². The second-order valence-electron chi connectivity index (χ2n) is 10.9. The average Bonchev–Trinajstić information content (AvgIpc) is 3.08. The van der Waals surface area contributed by atoms with Crippen molar-refractivity contribution in [3.05, 3.63) is 130 Å². The number of nitrogens with one attached hydrogen (secondary N) is 1. The Morgan fingerprint density at radius 3 is 2.11 bits per heavy atom. The second-order valence-corrected chi connectivity index (χ2v) is 12.8. The quantitative estimate of drug-likeness (QED) is 0.136. The third-order valence-corrected chi connectivity index (χ3v) is 9.39. The molecule has 0 radical (unpaired) electrons. The molecule has 0 fully saturated rings. The van der Waals surface area contributed by atoms with Crippen LogP contribution in [0.1, 0.15) is 30.0 Å². The molecule has 47 heavy (non-hydrogen) atoms. The van der Waals surface area contributed by atoms with Crippen molar-refractivity contribution in [1.82, 2.24) is 10.2 Å². The molecule has 1 atom stereocenters. The number of anilines is 1. The van der Waals surface area contributed by atoms with E-state index in [1.807, 2.05) is 67.6 Å². The average molecular weight is 659 g/mol. The van der Waals surface area contributed by atoms with E-state index >= 15 is 0 Å². The topological polar surface area (TPSA) is 139 Å². The number of nitrogens with zero attached hydrogens (tertiary/aromatic N) is 3. The van der Waals surface area contributed by atoms with Crippen LogP contribution >= 0.6 is 0 Å². The van der Waals surface area contributed by atoms with Crippen LogP contribution in [0.5, 0.6) is 5.75 Å². The summed E-state index contributed by atoms with van der Waals surface area (Å²) in [4.78, 5) is 40.3. The minimum atomic E-state index is -4.53. The summed E-state index contributed by atoms with van der Waals surface area (Å²) in [5.41, 5.74) is 1.62. The molecule has 0 aromatic heterocycles. The van der Waals surface area contributed by atoms with Crippen molar-refractivity contribution in [1.29, 1.82) is 0 Å². The molecule has 246 valence electrons. The third-order valence-electron chi connectivity index (χ3n) is 7.62. The number of sulfonamides is 1. The van der Waals surface area contributed by atoms with Crippen LogP contribution in [0.2, 0.25) is 0 Å². The third kappa shape index (κ3) is 8.73. The summed E-state index contributed by atoms with van der Waals surface area (Å²) in [5.74, 6) is -0.542. The molecule has 2 amide bonds. The molecule has 0 bridgehead atoms. The maximum Gasteiger partial charge on any atom is 0.273 e. The number of amides is 2. The number of rotatable bonds is 15. The summed E-state index contributed by atoms with van der Waals surface area (Å²) in [5, 5.41) is 14.6. The maximum atomic E-state index is 14.5. The highest BCUT2D eigenvalue weighted by atomic mass is 32.2. The Morgan fingerprint density at radius 1 is 0.915 bits per heavy atom. The summed E-state index contributed by atoms with van der Waals surface area (Å²) < 4.78 is 34.6. The lowest BCUT2D eigenvalue weighted by Gasteiger charge is -2.34. The molecule has 0 heterocycles. The van der Waals surface area contributed by atoms with Gasteiger partial charge in [0.25, 0.3) is 15.7 Å². The first-order valence-corrected chi connectivity index (χ1v) is 16.6. The van der Waals surface area contributed by atoms with E-state index in [1.54, 1.807) is 12.1 Å². The predicted molar refractivity (Wildman–Crippen MR) is 180 cm³/mol. The first-order valence-electron chi connectivity index (χ1n) is 15.1. The van der Waals surface area contributed by atoms with Gasteiger partial charge in [-0.3, -0.25) is 24.0 Å². The van der Waals surface area contributed by atoms with Gasteiger partial charge in [-0.05, 0) is 54.8 Å². The molecule has 0 aliphatic rings. The number of methoxy groups -OCH3 is 1. The second kappa shape index (κ2) is 15.9.